The molecule has 3 rings (SSSR count). The van der Waals surface area contributed by atoms with E-state index in [4.69, 9.17) is 0 Å². The number of rotatable bonds is 1. The Hall–Kier alpha value is -1.72. The lowest BCUT2D eigenvalue weighted by Crippen LogP contribution is -2.16. The summed E-state index contributed by atoms with van der Waals surface area (Å²) in [6.45, 7) is 1.68. The van der Waals surface area contributed by atoms with Crippen LogP contribution in [0.4, 0.5) is 0 Å². The minimum Gasteiger partial charge on any atom is -0.288 e. The Bertz CT molecular complexity index is 550. The maximum Gasteiger partial charge on any atom is 0.273 e. The molecular weight excluding hydrogens is 182 g/mol. The van der Waals surface area contributed by atoms with E-state index < -0.39 is 0 Å². The van der Waals surface area contributed by atoms with Gasteiger partial charge in [-0.05, 0) is 19.8 Å². The van der Waals surface area contributed by atoms with Crippen molar-refractivity contribution in [3.63, 3.8) is 0 Å². The van der Waals surface area contributed by atoms with Crippen LogP contribution in [0.15, 0.2) is 4.79 Å². The minimum absolute atomic E-state index is 0.202. The molecule has 0 atom stereocenters. The van der Waals surface area contributed by atoms with Gasteiger partial charge in [0.2, 0.25) is 0 Å². The molecule has 0 saturated heterocycles. The van der Waals surface area contributed by atoms with Crippen LogP contribution in [0.25, 0.3) is 5.78 Å². The summed E-state index contributed by atoms with van der Waals surface area (Å²) in [5, 5.41) is 12.0. The number of nitrogens with zero attached hydrogens (tertiary/aromatic N) is 4. The van der Waals surface area contributed by atoms with Crippen LogP contribution >= 0.6 is 0 Å². The summed E-state index contributed by atoms with van der Waals surface area (Å²) in [5.74, 6) is 1.77. The number of H-pyrrole nitrogens is 1. The maximum atomic E-state index is 11.2. The molecule has 1 aliphatic carbocycles. The average Bonchev–Trinajstić information content (AvgIpc) is 2.91. The molecule has 6 nitrogen and oxygen atoms in total. The van der Waals surface area contributed by atoms with Crippen LogP contribution in [0.5, 0.6) is 0 Å². The first-order chi connectivity index (χ1) is 6.75. The van der Waals surface area contributed by atoms with E-state index in [1.807, 2.05) is 0 Å². The van der Waals surface area contributed by atoms with Gasteiger partial charge in [-0.1, -0.05) is 0 Å². The molecule has 0 spiro atoms. The van der Waals surface area contributed by atoms with Crippen molar-refractivity contribution in [3.05, 3.63) is 21.9 Å². The molecule has 0 amide bonds. The lowest BCUT2D eigenvalue weighted by atomic mass is 10.4. The molecule has 1 N–H and O–H groups in total. The molecule has 14 heavy (non-hydrogen) atoms. The van der Waals surface area contributed by atoms with Gasteiger partial charge in [0, 0.05) is 5.92 Å². The molecule has 2 aromatic heterocycles. The van der Waals surface area contributed by atoms with Crippen LogP contribution in [0.1, 0.15) is 30.3 Å². The Morgan fingerprint density at radius 1 is 1.43 bits per heavy atom. The van der Waals surface area contributed by atoms with Gasteiger partial charge >= 0.3 is 0 Å². The minimum atomic E-state index is -0.202. The molecular formula is C8H9N5O. The van der Waals surface area contributed by atoms with E-state index in [9.17, 15) is 4.79 Å². The molecule has 0 aromatic carbocycles. The van der Waals surface area contributed by atoms with Crippen molar-refractivity contribution in [3.8, 4) is 0 Å². The number of fused-ring (bicyclic) bond motifs is 1. The fraction of sp³-hybridized carbons (Fsp3) is 0.500. The van der Waals surface area contributed by atoms with Crippen molar-refractivity contribution in [2.24, 2.45) is 0 Å². The van der Waals surface area contributed by atoms with Crippen molar-refractivity contribution in [1.29, 1.82) is 0 Å². The highest BCUT2D eigenvalue weighted by Crippen LogP contribution is 2.38. The van der Waals surface area contributed by atoms with Gasteiger partial charge in [0.1, 0.15) is 5.69 Å². The molecule has 2 aromatic rings. The molecule has 1 aliphatic rings. The summed E-state index contributed by atoms with van der Waals surface area (Å²) in [6.07, 6.45) is 2.28. The fourth-order valence-electron chi connectivity index (χ4n) is 1.45. The van der Waals surface area contributed by atoms with Crippen molar-refractivity contribution >= 4 is 5.78 Å². The van der Waals surface area contributed by atoms with E-state index in [-0.39, 0.29) is 5.56 Å². The highest BCUT2D eigenvalue weighted by Gasteiger charge is 2.29. The van der Waals surface area contributed by atoms with E-state index in [0.29, 0.717) is 17.4 Å². The van der Waals surface area contributed by atoms with Crippen LogP contribution in [0.3, 0.4) is 0 Å². The Balaban J connectivity index is 2.34. The zero-order valence-electron chi connectivity index (χ0n) is 7.69. The van der Waals surface area contributed by atoms with Crippen LogP contribution in [0.2, 0.25) is 0 Å². The highest BCUT2D eigenvalue weighted by atomic mass is 16.1. The van der Waals surface area contributed by atoms with E-state index in [2.05, 4.69) is 20.3 Å². The summed E-state index contributed by atoms with van der Waals surface area (Å²) in [7, 11) is 0. The number of aromatic amines is 1. The lowest BCUT2D eigenvalue weighted by Gasteiger charge is -1.96. The second kappa shape index (κ2) is 2.40. The molecule has 0 radical (unpaired) electrons. The molecule has 6 heteroatoms. The monoisotopic (exact) mass is 191 g/mol. The SMILES string of the molecule is Cc1nn2c(C3CC3)nnc2[nH]c1=O. The Labute approximate surface area is 79.0 Å². The van der Waals surface area contributed by atoms with Gasteiger partial charge < -0.3 is 0 Å². The molecule has 2 heterocycles. The highest BCUT2D eigenvalue weighted by molar-refractivity contribution is 5.26. The predicted octanol–water partition coefficient (Wildman–Crippen LogP) is -0.00158. The average molecular weight is 191 g/mol. The van der Waals surface area contributed by atoms with E-state index in [1.165, 1.54) is 0 Å². The lowest BCUT2D eigenvalue weighted by molar-refractivity contribution is 0.780. The van der Waals surface area contributed by atoms with Crippen LogP contribution in [-0.2, 0) is 0 Å². The normalized spacial score (nSPS) is 16.4. The van der Waals surface area contributed by atoms with Crippen molar-refractivity contribution in [1.82, 2.24) is 24.8 Å². The number of aromatic nitrogens is 5. The van der Waals surface area contributed by atoms with Gasteiger partial charge in [-0.3, -0.25) is 9.78 Å². The first-order valence-electron chi connectivity index (χ1n) is 4.58. The summed E-state index contributed by atoms with van der Waals surface area (Å²) in [4.78, 5) is 13.9. The van der Waals surface area contributed by atoms with Gasteiger partial charge in [0.05, 0.1) is 0 Å². The molecule has 72 valence electrons. The number of hydrogen-bond donors (Lipinski definition) is 1. The Morgan fingerprint density at radius 2 is 2.21 bits per heavy atom. The van der Waals surface area contributed by atoms with Crippen LogP contribution in [0, 0.1) is 6.92 Å². The molecule has 1 saturated carbocycles. The second-order valence-electron chi connectivity index (χ2n) is 3.61. The standard InChI is InChI=1S/C8H9N5O/c1-4-7(14)9-8-11-10-6(5-2-3-5)13(8)12-4/h5H,2-3H2,1H3,(H,9,11,14). The van der Waals surface area contributed by atoms with Crippen molar-refractivity contribution in [2.45, 2.75) is 25.7 Å². The maximum absolute atomic E-state index is 11.2. The van der Waals surface area contributed by atoms with E-state index in [0.717, 1.165) is 18.7 Å². The molecule has 0 bridgehead atoms. The van der Waals surface area contributed by atoms with Gasteiger partial charge in [0.25, 0.3) is 11.3 Å². The summed E-state index contributed by atoms with van der Waals surface area (Å²) in [5.41, 5.74) is 0.242. The van der Waals surface area contributed by atoms with Gasteiger partial charge in [-0.15, -0.1) is 10.2 Å². The largest absolute Gasteiger partial charge is 0.288 e. The predicted molar refractivity (Wildman–Crippen MR) is 48.1 cm³/mol. The third-order valence-corrected chi connectivity index (χ3v) is 2.41. The van der Waals surface area contributed by atoms with Crippen molar-refractivity contribution < 1.29 is 0 Å². The second-order valence-corrected chi connectivity index (χ2v) is 3.61. The zero-order valence-corrected chi connectivity index (χ0v) is 7.69. The summed E-state index contributed by atoms with van der Waals surface area (Å²) in [6, 6.07) is 0. The quantitative estimate of drug-likeness (QED) is 0.688. The third-order valence-electron chi connectivity index (χ3n) is 2.41. The Morgan fingerprint density at radius 3 is 2.93 bits per heavy atom. The van der Waals surface area contributed by atoms with Crippen LogP contribution < -0.4 is 5.56 Å². The number of hydrogen-bond acceptors (Lipinski definition) is 4. The van der Waals surface area contributed by atoms with Gasteiger partial charge in [-0.2, -0.15) is 9.61 Å². The summed E-state index contributed by atoms with van der Waals surface area (Å²) >= 11 is 0. The number of nitrogens with one attached hydrogen (secondary N) is 1. The molecule has 1 fully saturated rings. The van der Waals surface area contributed by atoms with Crippen LogP contribution in [-0.4, -0.2) is 24.8 Å². The zero-order chi connectivity index (χ0) is 9.71. The number of aryl methyl sites for hydroxylation is 1. The topological polar surface area (TPSA) is 75.9 Å². The smallest absolute Gasteiger partial charge is 0.273 e. The molecule has 0 aliphatic heterocycles. The molecule has 0 unspecified atom stereocenters. The summed E-state index contributed by atoms with van der Waals surface area (Å²) < 4.78 is 1.63. The van der Waals surface area contributed by atoms with E-state index >= 15 is 0 Å². The van der Waals surface area contributed by atoms with Gasteiger partial charge in [-0.25, -0.2) is 0 Å². The first kappa shape index (κ1) is 7.66. The fourth-order valence-corrected chi connectivity index (χ4v) is 1.45. The van der Waals surface area contributed by atoms with Crippen molar-refractivity contribution in [2.75, 3.05) is 0 Å². The Kier molecular flexibility index (Phi) is 1.31. The first-order valence-corrected chi connectivity index (χ1v) is 4.58. The third kappa shape index (κ3) is 0.966. The van der Waals surface area contributed by atoms with E-state index in [1.54, 1.807) is 11.4 Å². The van der Waals surface area contributed by atoms with Gasteiger partial charge in [0.15, 0.2) is 5.82 Å².